The highest BCUT2D eigenvalue weighted by atomic mass is 32.1. The Kier molecular flexibility index (Phi) is 3.23. The molecule has 7 nitrogen and oxygen atoms in total. The lowest BCUT2D eigenvalue weighted by molar-refractivity contribution is 0.399. The summed E-state index contributed by atoms with van der Waals surface area (Å²) in [5.41, 5.74) is 1.69. The fraction of sp³-hybridized carbons (Fsp3) is 0.333. The first-order valence-corrected chi connectivity index (χ1v) is 6.56. The van der Waals surface area contributed by atoms with Crippen LogP contribution in [0, 0.1) is 4.77 Å². The van der Waals surface area contributed by atoms with Gasteiger partial charge in [-0.05, 0) is 18.3 Å². The first-order valence-electron chi connectivity index (χ1n) is 6.15. The number of aromatic amines is 1. The van der Waals surface area contributed by atoms with E-state index in [0.717, 1.165) is 23.4 Å². The predicted molar refractivity (Wildman–Crippen MR) is 76.2 cm³/mol. The van der Waals surface area contributed by atoms with Crippen molar-refractivity contribution in [3.8, 4) is 5.88 Å². The molecule has 3 rings (SSSR count). The van der Waals surface area contributed by atoms with Gasteiger partial charge in [-0.25, -0.2) is 0 Å². The number of hydrogen-bond acceptors (Lipinski definition) is 5. The molecular weight excluding hydrogens is 276 g/mol. The molecule has 0 amide bonds. The van der Waals surface area contributed by atoms with Crippen LogP contribution in [0.15, 0.2) is 18.5 Å². The maximum absolute atomic E-state index is 5.34. The number of pyridine rings is 1. The minimum atomic E-state index is 0.568. The van der Waals surface area contributed by atoms with Gasteiger partial charge in [0.2, 0.25) is 5.88 Å². The van der Waals surface area contributed by atoms with Gasteiger partial charge in [0.15, 0.2) is 10.4 Å². The van der Waals surface area contributed by atoms with Crippen LogP contribution in [0.5, 0.6) is 5.88 Å². The second-order valence-electron chi connectivity index (χ2n) is 4.41. The van der Waals surface area contributed by atoms with Crippen LogP contribution in [0.1, 0.15) is 5.82 Å². The Hall–Kier alpha value is -2.22. The summed E-state index contributed by atoms with van der Waals surface area (Å²) in [4.78, 5) is 7.58. The molecule has 104 valence electrons. The van der Waals surface area contributed by atoms with E-state index in [1.54, 1.807) is 19.5 Å². The normalized spacial score (nSPS) is 11.1. The molecule has 8 heteroatoms. The van der Waals surface area contributed by atoms with Crippen molar-refractivity contribution < 1.29 is 4.74 Å². The highest BCUT2D eigenvalue weighted by Crippen LogP contribution is 2.16. The first kappa shape index (κ1) is 12.8. The molecule has 3 aromatic rings. The molecule has 0 aliphatic heterocycles. The number of fused-ring (bicyclic) bond motifs is 1. The monoisotopic (exact) mass is 290 g/mol. The van der Waals surface area contributed by atoms with Crippen LogP contribution in [0.3, 0.4) is 0 Å². The lowest BCUT2D eigenvalue weighted by Crippen LogP contribution is -2.06. The molecule has 0 unspecified atom stereocenters. The standard InChI is InChI=1S/C12H14N6OS/c1-17-7-13-16-9(17)5-6-18-11-8(14-12(18)20)3-4-10(15-11)19-2/h3-4,7H,5-6H2,1-2H3,(H,14,20). The Balaban J connectivity index is 1.96. The highest BCUT2D eigenvalue weighted by molar-refractivity contribution is 7.71. The predicted octanol–water partition coefficient (Wildman–Crippen LogP) is 1.47. The number of ether oxygens (including phenoxy) is 1. The van der Waals surface area contributed by atoms with Crippen molar-refractivity contribution in [1.82, 2.24) is 29.3 Å². The van der Waals surface area contributed by atoms with Crippen LogP contribution in [-0.2, 0) is 20.0 Å². The average molecular weight is 290 g/mol. The van der Waals surface area contributed by atoms with E-state index >= 15 is 0 Å². The molecule has 0 radical (unpaired) electrons. The second kappa shape index (κ2) is 5.04. The van der Waals surface area contributed by atoms with Crippen LogP contribution in [0.2, 0.25) is 0 Å². The third-order valence-corrected chi connectivity index (χ3v) is 3.49. The van der Waals surface area contributed by atoms with Crippen molar-refractivity contribution in [1.29, 1.82) is 0 Å². The highest BCUT2D eigenvalue weighted by Gasteiger charge is 2.09. The number of aryl methyl sites for hydroxylation is 3. The third-order valence-electron chi connectivity index (χ3n) is 3.17. The van der Waals surface area contributed by atoms with Crippen LogP contribution < -0.4 is 4.74 Å². The molecule has 3 heterocycles. The average Bonchev–Trinajstić information content (AvgIpc) is 2.99. The van der Waals surface area contributed by atoms with Gasteiger partial charge in [0.05, 0.1) is 12.6 Å². The van der Waals surface area contributed by atoms with Crippen molar-refractivity contribution >= 4 is 23.4 Å². The molecule has 0 spiro atoms. The maximum Gasteiger partial charge on any atom is 0.215 e. The molecule has 0 saturated heterocycles. The van der Waals surface area contributed by atoms with E-state index in [1.807, 2.05) is 22.2 Å². The zero-order valence-corrected chi connectivity index (χ0v) is 12.0. The summed E-state index contributed by atoms with van der Waals surface area (Å²) in [7, 11) is 3.52. The van der Waals surface area contributed by atoms with Crippen molar-refractivity contribution in [2.75, 3.05) is 7.11 Å². The summed E-state index contributed by atoms with van der Waals surface area (Å²) < 4.78 is 9.64. The fourth-order valence-electron chi connectivity index (χ4n) is 2.08. The largest absolute Gasteiger partial charge is 0.481 e. The van der Waals surface area contributed by atoms with E-state index in [2.05, 4.69) is 20.2 Å². The van der Waals surface area contributed by atoms with E-state index in [-0.39, 0.29) is 0 Å². The molecule has 0 fully saturated rings. The molecule has 0 atom stereocenters. The quantitative estimate of drug-likeness (QED) is 0.737. The summed E-state index contributed by atoms with van der Waals surface area (Å²) in [5.74, 6) is 1.48. The molecule has 0 bridgehead atoms. The van der Waals surface area contributed by atoms with Crippen LogP contribution in [-0.4, -0.2) is 36.4 Å². The van der Waals surface area contributed by atoms with E-state index in [0.29, 0.717) is 17.2 Å². The second-order valence-corrected chi connectivity index (χ2v) is 4.80. The van der Waals surface area contributed by atoms with Crippen LogP contribution in [0.25, 0.3) is 11.2 Å². The Morgan fingerprint density at radius 1 is 1.40 bits per heavy atom. The number of hydrogen-bond donors (Lipinski definition) is 1. The zero-order valence-electron chi connectivity index (χ0n) is 11.2. The summed E-state index contributed by atoms with van der Waals surface area (Å²) in [6.07, 6.45) is 2.42. The van der Waals surface area contributed by atoms with Gasteiger partial charge >= 0.3 is 0 Å². The van der Waals surface area contributed by atoms with Gasteiger partial charge in [-0.1, -0.05) is 0 Å². The first-order chi connectivity index (χ1) is 9.69. The zero-order chi connectivity index (χ0) is 14.1. The fourth-order valence-corrected chi connectivity index (χ4v) is 2.37. The molecular formula is C12H14N6OS. The summed E-state index contributed by atoms with van der Waals surface area (Å²) in [5, 5.41) is 7.94. The smallest absolute Gasteiger partial charge is 0.215 e. The Morgan fingerprint density at radius 2 is 2.25 bits per heavy atom. The number of nitrogens with one attached hydrogen (secondary N) is 1. The number of rotatable bonds is 4. The topological polar surface area (TPSA) is 73.6 Å². The molecule has 0 aromatic carbocycles. The lowest BCUT2D eigenvalue weighted by Gasteiger charge is -2.04. The third kappa shape index (κ3) is 2.18. The van der Waals surface area contributed by atoms with Gasteiger partial charge < -0.3 is 18.9 Å². The van der Waals surface area contributed by atoms with Gasteiger partial charge in [0.1, 0.15) is 12.2 Å². The molecule has 3 aromatic heterocycles. The minimum absolute atomic E-state index is 0.568. The number of H-pyrrole nitrogens is 1. The Bertz CT molecular complexity index is 802. The summed E-state index contributed by atoms with van der Waals surface area (Å²) in [6.45, 7) is 0.686. The minimum Gasteiger partial charge on any atom is -0.481 e. The molecule has 0 saturated carbocycles. The Labute approximate surface area is 120 Å². The van der Waals surface area contributed by atoms with Gasteiger partial charge in [0.25, 0.3) is 0 Å². The summed E-state index contributed by atoms with van der Waals surface area (Å²) >= 11 is 5.34. The van der Waals surface area contributed by atoms with Gasteiger partial charge in [0, 0.05) is 26.1 Å². The SMILES string of the molecule is COc1ccc2[nH]c(=S)n(CCc3nncn3C)c2n1. The van der Waals surface area contributed by atoms with Gasteiger partial charge in [-0.2, -0.15) is 4.98 Å². The van der Waals surface area contributed by atoms with E-state index in [4.69, 9.17) is 17.0 Å². The van der Waals surface area contributed by atoms with Crippen molar-refractivity contribution in [3.63, 3.8) is 0 Å². The molecule has 0 aliphatic rings. The van der Waals surface area contributed by atoms with Crippen LogP contribution in [0.4, 0.5) is 0 Å². The number of nitrogens with zero attached hydrogens (tertiary/aromatic N) is 5. The van der Waals surface area contributed by atoms with Crippen LogP contribution >= 0.6 is 12.2 Å². The van der Waals surface area contributed by atoms with E-state index < -0.39 is 0 Å². The van der Waals surface area contributed by atoms with E-state index in [1.165, 1.54) is 0 Å². The summed E-state index contributed by atoms with van der Waals surface area (Å²) in [6, 6.07) is 3.72. The number of aromatic nitrogens is 6. The van der Waals surface area contributed by atoms with E-state index in [9.17, 15) is 0 Å². The van der Waals surface area contributed by atoms with Gasteiger partial charge in [-0.15, -0.1) is 10.2 Å². The van der Waals surface area contributed by atoms with Gasteiger partial charge in [-0.3, -0.25) is 0 Å². The number of imidazole rings is 1. The van der Waals surface area contributed by atoms with Crippen molar-refractivity contribution in [2.24, 2.45) is 7.05 Å². The Morgan fingerprint density at radius 3 is 2.95 bits per heavy atom. The molecule has 1 N–H and O–H groups in total. The molecule has 0 aliphatic carbocycles. The van der Waals surface area contributed by atoms with Crippen molar-refractivity contribution in [3.05, 3.63) is 29.1 Å². The molecule has 20 heavy (non-hydrogen) atoms. The maximum atomic E-state index is 5.34. The number of methoxy groups -OCH3 is 1. The van der Waals surface area contributed by atoms with Crippen molar-refractivity contribution in [2.45, 2.75) is 13.0 Å². The lowest BCUT2D eigenvalue weighted by atomic mass is 10.4.